The molecule has 4 aromatic rings. The molecule has 0 aliphatic heterocycles. The van der Waals surface area contributed by atoms with E-state index in [4.69, 9.17) is 16.0 Å². The molecule has 24 heavy (non-hydrogen) atoms. The molecule has 0 amide bonds. The Balaban J connectivity index is 1.67. The Bertz CT molecular complexity index is 1020. The summed E-state index contributed by atoms with van der Waals surface area (Å²) in [4.78, 5) is 4.25. The van der Waals surface area contributed by atoms with Crippen LogP contribution in [0.25, 0.3) is 17.2 Å². The fourth-order valence-electron chi connectivity index (χ4n) is 2.45. The van der Waals surface area contributed by atoms with Gasteiger partial charge in [-0.25, -0.2) is 4.98 Å². The highest BCUT2D eigenvalue weighted by atomic mass is 35.5. The van der Waals surface area contributed by atoms with E-state index in [-0.39, 0.29) is 11.6 Å². The highest BCUT2D eigenvalue weighted by Crippen LogP contribution is 2.23. The third-order valence-electron chi connectivity index (χ3n) is 3.66. The Labute approximate surface area is 141 Å². The van der Waals surface area contributed by atoms with E-state index in [9.17, 15) is 4.39 Å². The van der Waals surface area contributed by atoms with Gasteiger partial charge >= 0.3 is 0 Å². The molecule has 7 heteroatoms. The van der Waals surface area contributed by atoms with Crippen molar-refractivity contribution >= 4 is 17.2 Å². The summed E-state index contributed by atoms with van der Waals surface area (Å²) in [6.07, 6.45) is 2.07. The number of fused-ring (bicyclic) bond motifs is 1. The quantitative estimate of drug-likeness (QED) is 0.563. The molecule has 0 bridgehead atoms. The summed E-state index contributed by atoms with van der Waals surface area (Å²) in [6.45, 7) is 1.92. The normalized spacial score (nSPS) is 11.3. The summed E-state index contributed by atoms with van der Waals surface area (Å²) in [7, 11) is 0. The number of aryl methyl sites for hydroxylation is 1. The molecular formula is C17H12ClFN4O. The van der Waals surface area contributed by atoms with E-state index < -0.39 is 5.95 Å². The van der Waals surface area contributed by atoms with E-state index in [1.807, 2.05) is 19.1 Å². The van der Waals surface area contributed by atoms with Gasteiger partial charge in [0.2, 0.25) is 11.8 Å². The molecule has 0 saturated carbocycles. The molecule has 3 aromatic heterocycles. The van der Waals surface area contributed by atoms with Crippen LogP contribution in [0.15, 0.2) is 47.0 Å². The van der Waals surface area contributed by atoms with Crippen molar-refractivity contribution in [1.82, 2.24) is 19.6 Å². The number of imidazole rings is 1. The fourth-order valence-corrected chi connectivity index (χ4v) is 2.58. The Kier molecular flexibility index (Phi) is 3.54. The van der Waals surface area contributed by atoms with Crippen molar-refractivity contribution in [3.63, 3.8) is 0 Å². The Morgan fingerprint density at radius 1 is 1.17 bits per heavy atom. The summed E-state index contributed by atoms with van der Waals surface area (Å²) in [5.41, 5.74) is 2.52. The van der Waals surface area contributed by atoms with Gasteiger partial charge in [0, 0.05) is 11.2 Å². The monoisotopic (exact) mass is 342 g/mol. The minimum absolute atomic E-state index is 0.0513. The average molecular weight is 343 g/mol. The van der Waals surface area contributed by atoms with Gasteiger partial charge < -0.3 is 4.42 Å². The van der Waals surface area contributed by atoms with Gasteiger partial charge in [-0.1, -0.05) is 23.7 Å². The molecule has 0 atom stereocenters. The van der Waals surface area contributed by atoms with Crippen LogP contribution in [0.1, 0.15) is 17.0 Å². The molecular weight excluding hydrogens is 331 g/mol. The van der Waals surface area contributed by atoms with Crippen LogP contribution in [-0.2, 0) is 6.42 Å². The van der Waals surface area contributed by atoms with Gasteiger partial charge in [-0.2, -0.15) is 4.39 Å². The van der Waals surface area contributed by atoms with Gasteiger partial charge in [0.1, 0.15) is 5.65 Å². The molecule has 0 aliphatic rings. The number of hydrogen-bond acceptors (Lipinski definition) is 4. The molecule has 120 valence electrons. The number of hydrogen-bond donors (Lipinski definition) is 0. The molecule has 1 aromatic carbocycles. The lowest BCUT2D eigenvalue weighted by Gasteiger charge is -1.96. The summed E-state index contributed by atoms with van der Waals surface area (Å²) in [5, 5.41) is 8.55. The van der Waals surface area contributed by atoms with Crippen LogP contribution < -0.4 is 0 Å². The number of nitrogens with zero attached hydrogens (tertiary/aromatic N) is 4. The van der Waals surface area contributed by atoms with Crippen LogP contribution in [0.3, 0.4) is 0 Å². The number of rotatable bonds is 3. The van der Waals surface area contributed by atoms with Crippen molar-refractivity contribution in [3.05, 3.63) is 70.6 Å². The average Bonchev–Trinajstić information content (AvgIpc) is 3.14. The molecule has 3 heterocycles. The van der Waals surface area contributed by atoms with E-state index in [1.165, 1.54) is 4.40 Å². The topological polar surface area (TPSA) is 56.2 Å². The largest absolute Gasteiger partial charge is 0.419 e. The van der Waals surface area contributed by atoms with Crippen LogP contribution in [-0.4, -0.2) is 19.6 Å². The second-order valence-corrected chi connectivity index (χ2v) is 5.92. The van der Waals surface area contributed by atoms with Crippen molar-refractivity contribution in [1.29, 1.82) is 0 Å². The van der Waals surface area contributed by atoms with Gasteiger partial charge in [-0.15, -0.1) is 10.2 Å². The first kappa shape index (κ1) is 14.8. The van der Waals surface area contributed by atoms with Crippen molar-refractivity contribution in [2.24, 2.45) is 0 Å². The van der Waals surface area contributed by atoms with Crippen LogP contribution in [0.2, 0.25) is 5.02 Å². The lowest BCUT2D eigenvalue weighted by Crippen LogP contribution is -1.88. The molecule has 0 N–H and O–H groups in total. The maximum absolute atomic E-state index is 14.5. The van der Waals surface area contributed by atoms with Gasteiger partial charge in [-0.3, -0.25) is 4.40 Å². The van der Waals surface area contributed by atoms with Gasteiger partial charge in [0.15, 0.2) is 5.69 Å². The zero-order chi connectivity index (χ0) is 16.7. The second-order valence-electron chi connectivity index (χ2n) is 5.49. The first-order valence-corrected chi connectivity index (χ1v) is 7.69. The molecule has 5 nitrogen and oxygen atoms in total. The summed E-state index contributed by atoms with van der Waals surface area (Å²) >= 11 is 5.86. The molecule has 4 rings (SSSR count). The zero-order valence-corrected chi connectivity index (χ0v) is 13.5. The Morgan fingerprint density at radius 3 is 2.75 bits per heavy atom. The molecule has 0 fully saturated rings. The van der Waals surface area contributed by atoms with Crippen LogP contribution in [0.4, 0.5) is 4.39 Å². The third-order valence-corrected chi connectivity index (χ3v) is 3.91. The van der Waals surface area contributed by atoms with Crippen molar-refractivity contribution in [2.75, 3.05) is 0 Å². The lowest BCUT2D eigenvalue weighted by atomic mass is 10.1. The Hall–Kier alpha value is -2.73. The minimum atomic E-state index is -0.522. The predicted molar refractivity (Wildman–Crippen MR) is 87.4 cm³/mol. The number of aromatic nitrogens is 4. The van der Waals surface area contributed by atoms with Crippen molar-refractivity contribution in [2.45, 2.75) is 13.3 Å². The summed E-state index contributed by atoms with van der Waals surface area (Å²) in [5.74, 6) is -0.0653. The zero-order valence-electron chi connectivity index (χ0n) is 12.7. The highest BCUT2D eigenvalue weighted by Gasteiger charge is 2.19. The van der Waals surface area contributed by atoms with E-state index >= 15 is 0 Å². The highest BCUT2D eigenvalue weighted by molar-refractivity contribution is 6.30. The molecule has 0 radical (unpaired) electrons. The summed E-state index contributed by atoms with van der Waals surface area (Å²) < 4.78 is 21.4. The first-order chi connectivity index (χ1) is 11.6. The standard InChI is InChI=1S/C17H12ClFN4O/c1-10-6-7-23-13(8-10)20-15(16(23)19)17-22-21-14(24-17)9-11-2-4-12(18)5-3-11/h2-8H,9H2,1H3. The third kappa shape index (κ3) is 2.65. The number of pyridine rings is 1. The summed E-state index contributed by atoms with van der Waals surface area (Å²) in [6, 6.07) is 10.9. The van der Waals surface area contributed by atoms with E-state index in [2.05, 4.69) is 15.2 Å². The van der Waals surface area contributed by atoms with Gasteiger partial charge in [0.05, 0.1) is 6.42 Å². The van der Waals surface area contributed by atoms with Crippen molar-refractivity contribution < 1.29 is 8.81 Å². The second kappa shape index (κ2) is 5.72. The molecule has 0 saturated heterocycles. The van der Waals surface area contributed by atoms with E-state index in [1.54, 1.807) is 30.5 Å². The molecule has 0 spiro atoms. The van der Waals surface area contributed by atoms with Crippen LogP contribution in [0.5, 0.6) is 0 Å². The SMILES string of the molecule is Cc1ccn2c(F)c(-c3nnc(Cc4ccc(Cl)cc4)o3)nc2c1. The maximum atomic E-state index is 14.5. The maximum Gasteiger partial charge on any atom is 0.271 e. The van der Waals surface area contributed by atoms with Crippen LogP contribution in [0, 0.1) is 12.9 Å². The smallest absolute Gasteiger partial charge is 0.271 e. The number of benzene rings is 1. The van der Waals surface area contributed by atoms with Crippen LogP contribution >= 0.6 is 11.6 Å². The van der Waals surface area contributed by atoms with Gasteiger partial charge in [0.25, 0.3) is 5.89 Å². The predicted octanol–water partition coefficient (Wildman–Crippen LogP) is 4.08. The fraction of sp³-hybridized carbons (Fsp3) is 0.118. The van der Waals surface area contributed by atoms with E-state index in [0.29, 0.717) is 23.0 Å². The minimum Gasteiger partial charge on any atom is -0.419 e. The number of halogens is 2. The molecule has 0 aliphatic carbocycles. The molecule has 0 unspecified atom stereocenters. The van der Waals surface area contributed by atoms with Gasteiger partial charge in [-0.05, 0) is 42.3 Å². The Morgan fingerprint density at radius 2 is 1.96 bits per heavy atom. The first-order valence-electron chi connectivity index (χ1n) is 7.31. The van der Waals surface area contributed by atoms with E-state index in [0.717, 1.165) is 11.1 Å². The lowest BCUT2D eigenvalue weighted by molar-refractivity contribution is 0.507. The van der Waals surface area contributed by atoms with Crippen molar-refractivity contribution in [3.8, 4) is 11.6 Å².